The fourth-order valence-corrected chi connectivity index (χ4v) is 6.84. The van der Waals surface area contributed by atoms with Gasteiger partial charge < -0.3 is 14.8 Å². The number of aromatic nitrogens is 2. The summed E-state index contributed by atoms with van der Waals surface area (Å²) in [5.41, 5.74) is 5.08. The van der Waals surface area contributed by atoms with Crippen LogP contribution in [0.4, 0.5) is 8.78 Å². The van der Waals surface area contributed by atoms with E-state index in [9.17, 15) is 18.4 Å². The number of likely N-dealkylation sites (tertiary alicyclic amines) is 2. The highest BCUT2D eigenvalue weighted by Gasteiger charge is 2.38. The maximum atomic E-state index is 13.5. The third-order valence-corrected chi connectivity index (χ3v) is 9.27. The number of aryl methyl sites for hydroxylation is 1. The molecular formula is C30H30Cl2F2N4O2. The molecule has 2 amide bonds. The quantitative estimate of drug-likeness (QED) is 0.387. The molecule has 0 bridgehead atoms. The van der Waals surface area contributed by atoms with Gasteiger partial charge in [-0.1, -0.05) is 35.3 Å². The van der Waals surface area contributed by atoms with E-state index in [4.69, 9.17) is 23.2 Å². The minimum atomic E-state index is -2.70. The summed E-state index contributed by atoms with van der Waals surface area (Å²) >= 11 is 13.4. The van der Waals surface area contributed by atoms with E-state index in [0.717, 1.165) is 60.3 Å². The lowest BCUT2D eigenvalue weighted by Gasteiger charge is -2.31. The Bertz CT molecular complexity index is 1410. The third kappa shape index (κ3) is 5.36. The molecular weight excluding hydrogens is 557 g/mol. The van der Waals surface area contributed by atoms with E-state index in [2.05, 4.69) is 9.97 Å². The van der Waals surface area contributed by atoms with Gasteiger partial charge >= 0.3 is 0 Å². The minimum absolute atomic E-state index is 0.0490. The van der Waals surface area contributed by atoms with E-state index < -0.39 is 5.92 Å². The number of amides is 2. The number of piperidine rings is 1. The monoisotopic (exact) mass is 586 g/mol. The second-order valence-electron chi connectivity index (χ2n) is 11.1. The Morgan fingerprint density at radius 2 is 1.73 bits per heavy atom. The van der Waals surface area contributed by atoms with Crippen LogP contribution in [0.2, 0.25) is 10.0 Å². The molecule has 1 aliphatic carbocycles. The Hall–Kier alpha value is -2.97. The number of carbonyl (C=O) groups is 2. The Morgan fingerprint density at radius 1 is 1.02 bits per heavy atom. The van der Waals surface area contributed by atoms with Crippen molar-refractivity contribution in [1.82, 2.24) is 19.8 Å². The summed E-state index contributed by atoms with van der Waals surface area (Å²) in [5, 5.41) is 1.01. The number of alkyl halides is 2. The van der Waals surface area contributed by atoms with Gasteiger partial charge in [0.25, 0.3) is 11.8 Å². The van der Waals surface area contributed by atoms with Gasteiger partial charge in [0, 0.05) is 72.2 Å². The number of fused-ring (bicyclic) bond motifs is 1. The van der Waals surface area contributed by atoms with Crippen LogP contribution >= 0.6 is 23.2 Å². The van der Waals surface area contributed by atoms with Crippen LogP contribution in [-0.2, 0) is 24.1 Å². The summed E-state index contributed by atoms with van der Waals surface area (Å²) in [6.45, 7) is 0.830. The van der Waals surface area contributed by atoms with Crippen molar-refractivity contribution >= 4 is 35.0 Å². The number of hydrogen-bond donors (Lipinski definition) is 1. The maximum Gasteiger partial charge on any atom is 0.253 e. The molecule has 40 heavy (non-hydrogen) atoms. The lowest BCUT2D eigenvalue weighted by molar-refractivity contribution is -0.133. The first-order valence-electron chi connectivity index (χ1n) is 13.8. The van der Waals surface area contributed by atoms with Crippen molar-refractivity contribution in [1.29, 1.82) is 0 Å². The molecule has 210 valence electrons. The number of aromatic amines is 1. The molecule has 2 fully saturated rings. The average molecular weight is 587 g/mol. The Labute approximate surface area is 241 Å². The highest BCUT2D eigenvalue weighted by atomic mass is 35.5. The van der Waals surface area contributed by atoms with E-state index in [1.165, 1.54) is 4.90 Å². The van der Waals surface area contributed by atoms with E-state index in [-0.39, 0.29) is 49.7 Å². The second-order valence-corrected chi connectivity index (χ2v) is 11.9. The standard InChI is InChI=1S/C30H30Cl2F2N4O2/c31-24-14-21(18-1-3-19(4-2-18)28(39)37-11-8-30(33,34)9-12-37)15-25(32)23(24)13-20-7-10-38(29(20)40)22-5-6-26-27(16-22)36-17-35-26/h1-4,14-15,17,20,22H,5-13,16H2,(H,35,36). The summed E-state index contributed by atoms with van der Waals surface area (Å²) in [7, 11) is 0. The smallest absolute Gasteiger partial charge is 0.253 e. The average Bonchev–Trinajstić information content (AvgIpc) is 3.56. The molecule has 2 saturated heterocycles. The van der Waals surface area contributed by atoms with Gasteiger partial charge in [-0.3, -0.25) is 9.59 Å². The van der Waals surface area contributed by atoms with Gasteiger partial charge in [-0.2, -0.15) is 0 Å². The molecule has 3 aromatic rings. The van der Waals surface area contributed by atoms with E-state index in [1.807, 2.05) is 17.0 Å². The fraction of sp³-hybridized carbons (Fsp3) is 0.433. The van der Waals surface area contributed by atoms with Crippen molar-refractivity contribution in [3.63, 3.8) is 0 Å². The molecule has 1 aromatic heterocycles. The molecule has 3 heterocycles. The minimum Gasteiger partial charge on any atom is -0.348 e. The van der Waals surface area contributed by atoms with Crippen LogP contribution in [-0.4, -0.2) is 63.2 Å². The molecule has 0 saturated carbocycles. The van der Waals surface area contributed by atoms with Crippen molar-refractivity contribution < 1.29 is 18.4 Å². The largest absolute Gasteiger partial charge is 0.348 e. The number of halogens is 4. The predicted octanol–water partition coefficient (Wildman–Crippen LogP) is 6.20. The molecule has 2 aromatic carbocycles. The summed E-state index contributed by atoms with van der Waals surface area (Å²) in [5.74, 6) is -2.95. The molecule has 2 aliphatic heterocycles. The van der Waals surface area contributed by atoms with Crippen LogP contribution < -0.4 is 0 Å². The van der Waals surface area contributed by atoms with Crippen LogP contribution in [0.3, 0.4) is 0 Å². The Kier molecular flexibility index (Phi) is 7.34. The first-order chi connectivity index (χ1) is 19.2. The second kappa shape index (κ2) is 10.8. The number of benzene rings is 2. The van der Waals surface area contributed by atoms with Crippen LogP contribution in [0.5, 0.6) is 0 Å². The first kappa shape index (κ1) is 27.2. The van der Waals surface area contributed by atoms with Crippen molar-refractivity contribution in [3.8, 4) is 11.1 Å². The van der Waals surface area contributed by atoms with Crippen molar-refractivity contribution in [2.24, 2.45) is 5.92 Å². The van der Waals surface area contributed by atoms with E-state index in [1.54, 1.807) is 30.6 Å². The molecule has 2 unspecified atom stereocenters. The van der Waals surface area contributed by atoms with Crippen LogP contribution in [0, 0.1) is 5.92 Å². The third-order valence-electron chi connectivity index (χ3n) is 8.59. The Balaban J connectivity index is 1.11. The topological polar surface area (TPSA) is 69.3 Å². The molecule has 3 aliphatic rings. The predicted molar refractivity (Wildman–Crippen MR) is 150 cm³/mol. The van der Waals surface area contributed by atoms with Gasteiger partial charge in [-0.25, -0.2) is 13.8 Å². The molecule has 10 heteroatoms. The van der Waals surface area contributed by atoms with Crippen molar-refractivity contribution in [2.45, 2.75) is 56.9 Å². The Morgan fingerprint density at radius 3 is 2.42 bits per heavy atom. The van der Waals surface area contributed by atoms with Gasteiger partial charge in [-0.15, -0.1) is 0 Å². The fourth-order valence-electron chi connectivity index (χ4n) is 6.20. The number of imidazole rings is 1. The summed E-state index contributed by atoms with van der Waals surface area (Å²) in [6, 6.07) is 10.9. The lowest BCUT2D eigenvalue weighted by atomic mass is 9.94. The van der Waals surface area contributed by atoms with Gasteiger partial charge in [0.15, 0.2) is 0 Å². The molecule has 0 spiro atoms. The number of nitrogens with zero attached hydrogens (tertiary/aromatic N) is 3. The number of nitrogens with one attached hydrogen (secondary N) is 1. The SMILES string of the molecule is O=C(c1ccc(-c2cc(Cl)c(CC3CCN(C4CCc5nc[nH]c5C4)C3=O)c(Cl)c2)cc1)N1CCC(F)(F)CC1. The zero-order valence-electron chi connectivity index (χ0n) is 21.9. The molecule has 6 rings (SSSR count). The molecule has 6 nitrogen and oxygen atoms in total. The molecule has 2 atom stereocenters. The van der Waals surface area contributed by atoms with Gasteiger partial charge in [-0.05, 0) is 66.6 Å². The van der Waals surface area contributed by atoms with Crippen molar-refractivity contribution in [2.75, 3.05) is 19.6 Å². The van der Waals surface area contributed by atoms with Crippen LogP contribution in [0.1, 0.15) is 53.0 Å². The molecule has 1 N–H and O–H groups in total. The summed E-state index contributed by atoms with van der Waals surface area (Å²) in [4.78, 5) is 37.2. The highest BCUT2D eigenvalue weighted by molar-refractivity contribution is 6.36. The first-order valence-corrected chi connectivity index (χ1v) is 14.5. The molecule has 0 radical (unpaired) electrons. The lowest BCUT2D eigenvalue weighted by Crippen LogP contribution is -2.42. The number of rotatable bonds is 5. The summed E-state index contributed by atoms with van der Waals surface area (Å²) in [6.07, 6.45) is 4.97. The van der Waals surface area contributed by atoms with Crippen molar-refractivity contribution in [3.05, 3.63) is 75.3 Å². The van der Waals surface area contributed by atoms with Crippen LogP contribution in [0.15, 0.2) is 42.7 Å². The van der Waals surface area contributed by atoms with Crippen LogP contribution in [0.25, 0.3) is 11.1 Å². The van der Waals surface area contributed by atoms with Gasteiger partial charge in [0.05, 0.1) is 12.0 Å². The van der Waals surface area contributed by atoms with E-state index in [0.29, 0.717) is 22.0 Å². The zero-order valence-corrected chi connectivity index (χ0v) is 23.4. The number of hydrogen-bond acceptors (Lipinski definition) is 3. The van der Waals surface area contributed by atoms with Gasteiger partial charge in [0.1, 0.15) is 0 Å². The maximum absolute atomic E-state index is 13.5. The number of H-pyrrole nitrogens is 1. The number of carbonyl (C=O) groups excluding carboxylic acids is 2. The summed E-state index contributed by atoms with van der Waals surface area (Å²) < 4.78 is 26.9. The highest BCUT2D eigenvalue weighted by Crippen LogP contribution is 2.37. The zero-order chi connectivity index (χ0) is 28.0. The normalized spacial score (nSPS) is 22.4. The van der Waals surface area contributed by atoms with Gasteiger partial charge in [0.2, 0.25) is 5.91 Å². The van der Waals surface area contributed by atoms with E-state index >= 15 is 0 Å².